The third kappa shape index (κ3) is 2.71. The van der Waals surface area contributed by atoms with Gasteiger partial charge in [-0.3, -0.25) is 4.79 Å². The third-order valence-corrected chi connectivity index (χ3v) is 3.24. The number of benzene rings is 1. The van der Waals surface area contributed by atoms with E-state index in [1.165, 1.54) is 0 Å². The number of amides is 1. The monoisotopic (exact) mass is 249 g/mol. The highest BCUT2D eigenvalue weighted by molar-refractivity contribution is 5.76. The highest BCUT2D eigenvalue weighted by Gasteiger charge is 2.30. The normalized spacial score (nSPS) is 24.7. The summed E-state index contributed by atoms with van der Waals surface area (Å²) in [5, 5.41) is 0. The Bertz CT molecular complexity index is 393. The van der Waals surface area contributed by atoms with Crippen molar-refractivity contribution in [2.24, 2.45) is 0 Å². The lowest BCUT2D eigenvalue weighted by atomic mass is 10.0. The average Bonchev–Trinajstić information content (AvgIpc) is 2.61. The molecule has 1 saturated heterocycles. The van der Waals surface area contributed by atoms with Crippen LogP contribution in [0.4, 0.5) is 0 Å². The lowest BCUT2D eigenvalue weighted by Crippen LogP contribution is -2.41. The largest absolute Gasteiger partial charge is 0.345 e. The summed E-state index contributed by atoms with van der Waals surface area (Å²) in [5.74, 6) is 0.0916. The summed E-state index contributed by atoms with van der Waals surface area (Å²) >= 11 is 0. The van der Waals surface area contributed by atoms with Crippen LogP contribution >= 0.6 is 0 Å². The Morgan fingerprint density at radius 3 is 2.78 bits per heavy atom. The van der Waals surface area contributed by atoms with E-state index in [9.17, 15) is 4.79 Å². The van der Waals surface area contributed by atoms with Gasteiger partial charge in [0.25, 0.3) is 0 Å². The highest BCUT2D eigenvalue weighted by Crippen LogP contribution is 2.27. The molecule has 0 saturated carbocycles. The third-order valence-electron chi connectivity index (χ3n) is 3.24. The minimum atomic E-state index is -0.135. The molecule has 98 valence electrons. The van der Waals surface area contributed by atoms with E-state index >= 15 is 0 Å². The van der Waals surface area contributed by atoms with Crippen LogP contribution in [0, 0.1) is 0 Å². The summed E-state index contributed by atoms with van der Waals surface area (Å²) in [6.07, 6.45) is 0.346. The second-order valence-electron chi connectivity index (χ2n) is 4.41. The van der Waals surface area contributed by atoms with Crippen LogP contribution < -0.4 is 0 Å². The van der Waals surface area contributed by atoms with E-state index in [2.05, 4.69) is 0 Å². The molecule has 1 aliphatic rings. The number of hydrogen-bond acceptors (Lipinski definition) is 3. The lowest BCUT2D eigenvalue weighted by Gasteiger charge is -2.30. The lowest BCUT2D eigenvalue weighted by molar-refractivity contribution is -0.138. The minimum absolute atomic E-state index is 0.0256. The van der Waals surface area contributed by atoms with Crippen molar-refractivity contribution in [3.05, 3.63) is 35.9 Å². The Balaban J connectivity index is 2.22. The molecule has 0 bridgehead atoms. The molecule has 18 heavy (non-hydrogen) atoms. The first kappa shape index (κ1) is 13.1. The second-order valence-corrected chi connectivity index (χ2v) is 4.41. The van der Waals surface area contributed by atoms with Crippen LogP contribution in [0.15, 0.2) is 30.3 Å². The number of carbonyl (C=O) groups is 1. The van der Waals surface area contributed by atoms with Gasteiger partial charge in [0, 0.05) is 6.42 Å². The van der Waals surface area contributed by atoms with Gasteiger partial charge in [-0.15, -0.1) is 0 Å². The summed E-state index contributed by atoms with van der Waals surface area (Å²) < 4.78 is 11.0. The molecule has 1 heterocycles. The summed E-state index contributed by atoms with van der Waals surface area (Å²) in [6.45, 7) is 4.38. The Morgan fingerprint density at radius 1 is 1.39 bits per heavy atom. The van der Waals surface area contributed by atoms with Crippen LogP contribution in [0.2, 0.25) is 0 Å². The summed E-state index contributed by atoms with van der Waals surface area (Å²) in [6, 6.07) is 9.92. The fourth-order valence-electron chi connectivity index (χ4n) is 2.20. The number of ether oxygens (including phenoxy) is 2. The van der Waals surface area contributed by atoms with Gasteiger partial charge in [0.1, 0.15) is 19.6 Å². The Hall–Kier alpha value is -1.39. The fourth-order valence-corrected chi connectivity index (χ4v) is 2.20. The van der Waals surface area contributed by atoms with Crippen molar-refractivity contribution in [3.63, 3.8) is 0 Å². The standard InChI is InChI=1S/C14H19NO3/c1-3-13(16)15-9-17-10-18-14(11(15)2)12-7-5-4-6-8-12/h4-8,11,14H,3,9-10H2,1-2H3/t11-,14-/m1/s1. The van der Waals surface area contributed by atoms with Crippen molar-refractivity contribution < 1.29 is 14.3 Å². The van der Waals surface area contributed by atoms with Gasteiger partial charge < -0.3 is 14.4 Å². The van der Waals surface area contributed by atoms with Crippen molar-refractivity contribution in [1.82, 2.24) is 4.90 Å². The molecular formula is C14H19NO3. The molecule has 4 heteroatoms. The molecule has 0 aliphatic carbocycles. The van der Waals surface area contributed by atoms with Crippen molar-refractivity contribution in [2.45, 2.75) is 32.4 Å². The molecule has 0 N–H and O–H groups in total. The fraction of sp³-hybridized carbons (Fsp3) is 0.500. The molecule has 1 aromatic carbocycles. The molecule has 0 radical (unpaired) electrons. The van der Waals surface area contributed by atoms with Crippen LogP contribution in [-0.4, -0.2) is 30.4 Å². The van der Waals surface area contributed by atoms with E-state index in [4.69, 9.17) is 9.47 Å². The predicted octanol–water partition coefficient (Wildman–Crippen LogP) is 2.32. The van der Waals surface area contributed by atoms with E-state index in [-0.39, 0.29) is 24.8 Å². The van der Waals surface area contributed by atoms with Gasteiger partial charge in [-0.25, -0.2) is 0 Å². The summed E-state index contributed by atoms with van der Waals surface area (Å²) in [5.41, 5.74) is 1.07. The molecule has 2 rings (SSSR count). The topological polar surface area (TPSA) is 38.8 Å². The predicted molar refractivity (Wildman–Crippen MR) is 67.7 cm³/mol. The van der Waals surface area contributed by atoms with Crippen LogP contribution in [0.5, 0.6) is 0 Å². The summed E-state index contributed by atoms with van der Waals surface area (Å²) in [4.78, 5) is 13.6. The van der Waals surface area contributed by atoms with E-state index < -0.39 is 0 Å². The van der Waals surface area contributed by atoms with Gasteiger partial charge >= 0.3 is 0 Å². The quantitative estimate of drug-likeness (QED) is 0.807. The highest BCUT2D eigenvalue weighted by atomic mass is 16.7. The molecule has 0 unspecified atom stereocenters. The second kappa shape index (κ2) is 5.98. The molecule has 0 spiro atoms. The number of rotatable bonds is 2. The Labute approximate surface area is 107 Å². The van der Waals surface area contributed by atoms with Crippen molar-refractivity contribution in [1.29, 1.82) is 0 Å². The van der Waals surface area contributed by atoms with Crippen LogP contribution in [-0.2, 0) is 14.3 Å². The summed E-state index contributed by atoms with van der Waals surface area (Å²) in [7, 11) is 0. The van der Waals surface area contributed by atoms with E-state index in [1.54, 1.807) is 4.90 Å². The average molecular weight is 249 g/mol. The molecule has 1 aromatic rings. The van der Waals surface area contributed by atoms with Gasteiger partial charge in [0.2, 0.25) is 5.91 Å². The zero-order valence-corrected chi connectivity index (χ0v) is 10.8. The number of carbonyl (C=O) groups excluding carboxylic acids is 1. The zero-order chi connectivity index (χ0) is 13.0. The SMILES string of the molecule is CCC(=O)N1COCO[C@@H](c2ccccc2)[C@H]1C. The van der Waals surface area contributed by atoms with Gasteiger partial charge in [0.15, 0.2) is 0 Å². The van der Waals surface area contributed by atoms with Gasteiger partial charge in [-0.05, 0) is 12.5 Å². The van der Waals surface area contributed by atoms with Crippen LogP contribution in [0.25, 0.3) is 0 Å². The van der Waals surface area contributed by atoms with Crippen LogP contribution in [0.3, 0.4) is 0 Å². The maximum absolute atomic E-state index is 11.9. The Morgan fingerprint density at radius 2 is 2.11 bits per heavy atom. The molecular weight excluding hydrogens is 230 g/mol. The van der Waals surface area contributed by atoms with E-state index in [1.807, 2.05) is 44.2 Å². The minimum Gasteiger partial charge on any atom is -0.345 e. The molecule has 2 atom stereocenters. The van der Waals surface area contributed by atoms with Crippen molar-refractivity contribution >= 4 is 5.91 Å². The number of nitrogens with zero attached hydrogens (tertiary/aromatic N) is 1. The first-order valence-corrected chi connectivity index (χ1v) is 6.27. The Kier molecular flexibility index (Phi) is 4.33. The van der Waals surface area contributed by atoms with Gasteiger partial charge in [-0.2, -0.15) is 0 Å². The molecule has 4 nitrogen and oxygen atoms in total. The first-order valence-electron chi connectivity index (χ1n) is 6.27. The molecule has 1 aliphatic heterocycles. The first-order chi connectivity index (χ1) is 8.74. The van der Waals surface area contributed by atoms with Crippen LogP contribution in [0.1, 0.15) is 31.9 Å². The van der Waals surface area contributed by atoms with Crippen molar-refractivity contribution in [3.8, 4) is 0 Å². The maximum Gasteiger partial charge on any atom is 0.224 e. The number of hydrogen-bond donors (Lipinski definition) is 0. The molecule has 1 fully saturated rings. The smallest absolute Gasteiger partial charge is 0.224 e. The van der Waals surface area contributed by atoms with Gasteiger partial charge in [-0.1, -0.05) is 37.3 Å². The molecule has 1 amide bonds. The maximum atomic E-state index is 11.9. The van der Waals surface area contributed by atoms with E-state index in [0.717, 1.165) is 5.56 Å². The van der Waals surface area contributed by atoms with Gasteiger partial charge in [0.05, 0.1) is 6.04 Å². The van der Waals surface area contributed by atoms with E-state index in [0.29, 0.717) is 13.2 Å². The molecule has 0 aromatic heterocycles. The zero-order valence-electron chi connectivity index (χ0n) is 10.8. The van der Waals surface area contributed by atoms with Crippen molar-refractivity contribution in [2.75, 3.05) is 13.5 Å².